The van der Waals surface area contributed by atoms with Crippen LogP contribution in [-0.4, -0.2) is 21.1 Å². The van der Waals surface area contributed by atoms with Gasteiger partial charge in [0.15, 0.2) is 0 Å². The maximum Gasteiger partial charge on any atom is 0.0946 e. The van der Waals surface area contributed by atoms with E-state index in [0.717, 1.165) is 23.2 Å². The SMILES string of the molecule is CC(CNc1cncc(Br)c1)Cn1ccnc1. The van der Waals surface area contributed by atoms with E-state index in [9.17, 15) is 0 Å². The van der Waals surface area contributed by atoms with Gasteiger partial charge in [0, 0.05) is 36.2 Å². The van der Waals surface area contributed by atoms with E-state index in [-0.39, 0.29) is 0 Å². The molecule has 0 saturated carbocycles. The van der Waals surface area contributed by atoms with Crippen molar-refractivity contribution in [2.24, 2.45) is 5.92 Å². The predicted octanol–water partition coefficient (Wildman–Crippen LogP) is 2.79. The van der Waals surface area contributed by atoms with Crippen LogP contribution in [0.4, 0.5) is 5.69 Å². The quantitative estimate of drug-likeness (QED) is 0.922. The van der Waals surface area contributed by atoms with E-state index < -0.39 is 0 Å². The second-order valence-corrected chi connectivity index (χ2v) is 5.05. The minimum absolute atomic E-state index is 0.531. The summed E-state index contributed by atoms with van der Waals surface area (Å²) in [7, 11) is 0. The number of halogens is 1. The largest absolute Gasteiger partial charge is 0.383 e. The van der Waals surface area contributed by atoms with E-state index in [1.807, 2.05) is 24.8 Å². The molecule has 0 bridgehead atoms. The number of hydrogen-bond acceptors (Lipinski definition) is 3. The van der Waals surface area contributed by atoms with Crippen molar-refractivity contribution in [2.45, 2.75) is 13.5 Å². The lowest BCUT2D eigenvalue weighted by Crippen LogP contribution is -2.16. The van der Waals surface area contributed by atoms with Crippen molar-refractivity contribution in [1.82, 2.24) is 14.5 Å². The van der Waals surface area contributed by atoms with Gasteiger partial charge in [-0.2, -0.15) is 0 Å². The lowest BCUT2D eigenvalue weighted by Gasteiger charge is -2.14. The van der Waals surface area contributed by atoms with Crippen LogP contribution < -0.4 is 5.32 Å². The molecular formula is C12H15BrN4. The maximum absolute atomic E-state index is 4.11. The fraction of sp³-hybridized carbons (Fsp3) is 0.333. The van der Waals surface area contributed by atoms with Gasteiger partial charge in [0.05, 0.1) is 18.2 Å². The third-order valence-electron chi connectivity index (χ3n) is 2.44. The van der Waals surface area contributed by atoms with Crippen LogP contribution in [-0.2, 0) is 6.54 Å². The number of nitrogens with one attached hydrogen (secondary N) is 1. The first-order valence-electron chi connectivity index (χ1n) is 5.54. The summed E-state index contributed by atoms with van der Waals surface area (Å²) in [6.45, 7) is 4.09. The molecule has 2 aromatic rings. The smallest absolute Gasteiger partial charge is 0.0946 e. The lowest BCUT2D eigenvalue weighted by molar-refractivity contribution is 0.503. The number of nitrogens with zero attached hydrogens (tertiary/aromatic N) is 3. The molecule has 0 amide bonds. The van der Waals surface area contributed by atoms with E-state index in [4.69, 9.17) is 0 Å². The zero-order valence-electron chi connectivity index (χ0n) is 9.68. The fourth-order valence-corrected chi connectivity index (χ4v) is 1.98. The summed E-state index contributed by atoms with van der Waals surface area (Å²) in [5, 5.41) is 3.37. The predicted molar refractivity (Wildman–Crippen MR) is 71.8 cm³/mol. The second-order valence-electron chi connectivity index (χ2n) is 4.14. The molecule has 1 N–H and O–H groups in total. The van der Waals surface area contributed by atoms with E-state index in [1.165, 1.54) is 0 Å². The molecule has 0 radical (unpaired) electrons. The van der Waals surface area contributed by atoms with Crippen LogP contribution >= 0.6 is 15.9 Å². The highest BCUT2D eigenvalue weighted by molar-refractivity contribution is 9.10. The molecule has 2 heterocycles. The summed E-state index contributed by atoms with van der Waals surface area (Å²) in [5.41, 5.74) is 1.04. The fourth-order valence-electron chi connectivity index (χ4n) is 1.62. The van der Waals surface area contributed by atoms with Gasteiger partial charge < -0.3 is 9.88 Å². The number of pyridine rings is 1. The highest BCUT2D eigenvalue weighted by Gasteiger charge is 2.03. The van der Waals surface area contributed by atoms with Gasteiger partial charge >= 0.3 is 0 Å². The zero-order chi connectivity index (χ0) is 12.1. The van der Waals surface area contributed by atoms with Gasteiger partial charge in [0.1, 0.15) is 0 Å². The Morgan fingerprint density at radius 3 is 3.00 bits per heavy atom. The molecule has 0 aliphatic carbocycles. The molecule has 2 rings (SSSR count). The molecule has 4 nitrogen and oxygen atoms in total. The van der Waals surface area contributed by atoms with Gasteiger partial charge in [-0.3, -0.25) is 4.98 Å². The normalized spacial score (nSPS) is 12.4. The summed E-state index contributed by atoms with van der Waals surface area (Å²) in [4.78, 5) is 8.14. The molecule has 1 unspecified atom stereocenters. The molecule has 2 aromatic heterocycles. The van der Waals surface area contributed by atoms with Gasteiger partial charge in [0.2, 0.25) is 0 Å². The van der Waals surface area contributed by atoms with Crippen molar-refractivity contribution in [3.05, 3.63) is 41.7 Å². The Morgan fingerprint density at radius 2 is 2.29 bits per heavy atom. The summed E-state index contributed by atoms with van der Waals surface area (Å²) in [6, 6.07) is 2.02. The average Bonchev–Trinajstić information content (AvgIpc) is 2.79. The highest BCUT2D eigenvalue weighted by Crippen LogP contribution is 2.14. The summed E-state index contributed by atoms with van der Waals surface area (Å²) >= 11 is 3.40. The van der Waals surface area contributed by atoms with E-state index >= 15 is 0 Å². The standard InChI is InChI=1S/C12H15BrN4/c1-10(8-17-3-2-14-9-17)5-16-12-4-11(13)6-15-7-12/h2-4,6-7,9-10,16H,5,8H2,1H3. The van der Waals surface area contributed by atoms with Crippen LogP contribution in [0.5, 0.6) is 0 Å². The summed E-state index contributed by atoms with van der Waals surface area (Å²) in [6.07, 6.45) is 9.24. The summed E-state index contributed by atoms with van der Waals surface area (Å²) < 4.78 is 3.08. The van der Waals surface area contributed by atoms with Crippen LogP contribution in [0.3, 0.4) is 0 Å². The van der Waals surface area contributed by atoms with Crippen LogP contribution in [0.25, 0.3) is 0 Å². The van der Waals surface area contributed by atoms with Gasteiger partial charge in [-0.1, -0.05) is 6.92 Å². The third kappa shape index (κ3) is 3.85. The Labute approximate surface area is 109 Å². The van der Waals surface area contributed by atoms with E-state index in [2.05, 4.69) is 42.7 Å². The highest BCUT2D eigenvalue weighted by atomic mass is 79.9. The maximum atomic E-state index is 4.11. The molecule has 0 fully saturated rings. The van der Waals surface area contributed by atoms with E-state index in [1.54, 1.807) is 12.4 Å². The van der Waals surface area contributed by atoms with Crippen molar-refractivity contribution < 1.29 is 0 Å². The minimum Gasteiger partial charge on any atom is -0.383 e. The van der Waals surface area contributed by atoms with Gasteiger partial charge in [0.25, 0.3) is 0 Å². The monoisotopic (exact) mass is 294 g/mol. The first-order valence-corrected chi connectivity index (χ1v) is 6.33. The van der Waals surface area contributed by atoms with Crippen molar-refractivity contribution in [3.63, 3.8) is 0 Å². The molecule has 5 heteroatoms. The molecule has 0 aromatic carbocycles. The van der Waals surface area contributed by atoms with Crippen LogP contribution in [0.1, 0.15) is 6.92 Å². The number of imidazole rings is 1. The van der Waals surface area contributed by atoms with Crippen LogP contribution in [0, 0.1) is 5.92 Å². The first-order chi connectivity index (χ1) is 8.24. The molecular weight excluding hydrogens is 280 g/mol. The number of anilines is 1. The second kappa shape index (κ2) is 5.82. The molecule has 0 aliphatic rings. The number of rotatable bonds is 5. The van der Waals surface area contributed by atoms with Crippen molar-refractivity contribution >= 4 is 21.6 Å². The Morgan fingerprint density at radius 1 is 1.41 bits per heavy atom. The van der Waals surface area contributed by atoms with Crippen molar-refractivity contribution in [2.75, 3.05) is 11.9 Å². The van der Waals surface area contributed by atoms with Crippen molar-refractivity contribution in [1.29, 1.82) is 0 Å². The average molecular weight is 295 g/mol. The van der Waals surface area contributed by atoms with Gasteiger partial charge in [-0.15, -0.1) is 0 Å². The number of hydrogen-bond donors (Lipinski definition) is 1. The van der Waals surface area contributed by atoms with E-state index in [0.29, 0.717) is 5.92 Å². The molecule has 90 valence electrons. The van der Waals surface area contributed by atoms with Gasteiger partial charge in [-0.25, -0.2) is 4.98 Å². The summed E-state index contributed by atoms with van der Waals surface area (Å²) in [5.74, 6) is 0.531. The number of aromatic nitrogens is 3. The topological polar surface area (TPSA) is 42.7 Å². The first kappa shape index (κ1) is 12.1. The Bertz CT molecular complexity index is 455. The Kier molecular flexibility index (Phi) is 4.14. The molecule has 0 spiro atoms. The Balaban J connectivity index is 1.82. The third-order valence-corrected chi connectivity index (χ3v) is 2.87. The van der Waals surface area contributed by atoms with Gasteiger partial charge in [-0.05, 0) is 27.9 Å². The van der Waals surface area contributed by atoms with Crippen molar-refractivity contribution in [3.8, 4) is 0 Å². The minimum atomic E-state index is 0.531. The molecule has 17 heavy (non-hydrogen) atoms. The van der Waals surface area contributed by atoms with Crippen LogP contribution in [0.15, 0.2) is 41.7 Å². The molecule has 0 aliphatic heterocycles. The lowest BCUT2D eigenvalue weighted by atomic mass is 10.2. The zero-order valence-corrected chi connectivity index (χ0v) is 11.3. The molecule has 0 saturated heterocycles. The molecule has 1 atom stereocenters. The van der Waals surface area contributed by atoms with Crippen LogP contribution in [0.2, 0.25) is 0 Å². The Hall–Kier alpha value is -1.36.